The number of hydrogen-bond donors (Lipinski definition) is 0. The molecule has 1 heteroatoms. The second-order valence-electron chi connectivity index (χ2n) is 4.19. The third kappa shape index (κ3) is 3.19. The van der Waals surface area contributed by atoms with Gasteiger partial charge in [0.15, 0.2) is 5.78 Å². The molecule has 0 aromatic heterocycles. The van der Waals surface area contributed by atoms with E-state index in [1.165, 1.54) is 24.8 Å². The van der Waals surface area contributed by atoms with Crippen LogP contribution in [0.1, 0.15) is 61.9 Å². The van der Waals surface area contributed by atoms with Crippen molar-refractivity contribution in [3.05, 3.63) is 35.4 Å². The maximum atomic E-state index is 11.4. The second kappa shape index (κ2) is 5.69. The molecule has 0 saturated heterocycles. The molecule has 1 aromatic carbocycles. The number of hydrogen-bond acceptors (Lipinski definition) is 1. The van der Waals surface area contributed by atoms with Gasteiger partial charge in [0, 0.05) is 5.56 Å². The molecule has 0 fully saturated rings. The van der Waals surface area contributed by atoms with Crippen LogP contribution in [0.25, 0.3) is 0 Å². The first kappa shape index (κ1) is 12.0. The molecule has 15 heavy (non-hydrogen) atoms. The van der Waals surface area contributed by atoms with Gasteiger partial charge < -0.3 is 0 Å². The zero-order valence-corrected chi connectivity index (χ0v) is 9.92. The van der Waals surface area contributed by atoms with Crippen LogP contribution >= 0.6 is 0 Å². The number of carbonyl (C=O) groups excluding carboxylic acids is 1. The van der Waals surface area contributed by atoms with E-state index < -0.39 is 0 Å². The normalized spacial score (nSPS) is 12.5. The van der Waals surface area contributed by atoms with Crippen molar-refractivity contribution >= 4 is 5.78 Å². The van der Waals surface area contributed by atoms with Crippen LogP contribution in [-0.2, 0) is 0 Å². The van der Waals surface area contributed by atoms with Crippen molar-refractivity contribution in [2.45, 2.75) is 46.0 Å². The van der Waals surface area contributed by atoms with Gasteiger partial charge in [0.25, 0.3) is 0 Å². The Labute approximate surface area is 92.5 Å². The fourth-order valence-electron chi connectivity index (χ4n) is 1.91. The van der Waals surface area contributed by atoms with Gasteiger partial charge in [-0.2, -0.15) is 0 Å². The van der Waals surface area contributed by atoms with Gasteiger partial charge in [-0.15, -0.1) is 0 Å². The topological polar surface area (TPSA) is 17.1 Å². The highest BCUT2D eigenvalue weighted by Gasteiger charge is 2.11. The number of unbranched alkanes of at least 4 members (excludes halogenated alkanes) is 1. The first-order valence-corrected chi connectivity index (χ1v) is 5.76. The Kier molecular flexibility index (Phi) is 4.54. The summed E-state index contributed by atoms with van der Waals surface area (Å²) in [7, 11) is 0. The van der Waals surface area contributed by atoms with Gasteiger partial charge in [-0.25, -0.2) is 0 Å². The lowest BCUT2D eigenvalue weighted by molar-refractivity contribution is 0.101. The Bertz CT molecular complexity index is 328. The summed E-state index contributed by atoms with van der Waals surface area (Å²) in [6.45, 7) is 6.05. The Balaban J connectivity index is 2.87. The standard InChI is InChI=1S/C14H20O/c1-4-5-8-11(2)13-9-6-7-10-14(13)12(3)15/h6-7,9-11H,4-5,8H2,1-3H3. The summed E-state index contributed by atoms with van der Waals surface area (Å²) < 4.78 is 0. The Morgan fingerprint density at radius 1 is 1.33 bits per heavy atom. The molecular weight excluding hydrogens is 184 g/mol. The van der Waals surface area contributed by atoms with Crippen molar-refractivity contribution in [1.29, 1.82) is 0 Å². The monoisotopic (exact) mass is 204 g/mol. The molecule has 0 spiro atoms. The Hall–Kier alpha value is -1.11. The van der Waals surface area contributed by atoms with Crippen molar-refractivity contribution in [1.82, 2.24) is 0 Å². The molecule has 1 unspecified atom stereocenters. The molecule has 1 atom stereocenters. The van der Waals surface area contributed by atoms with E-state index in [-0.39, 0.29) is 5.78 Å². The predicted octanol–water partition coefficient (Wildman–Crippen LogP) is 4.18. The average molecular weight is 204 g/mol. The summed E-state index contributed by atoms with van der Waals surface area (Å²) in [5.74, 6) is 0.666. The van der Waals surface area contributed by atoms with E-state index in [0.29, 0.717) is 5.92 Å². The van der Waals surface area contributed by atoms with Crippen molar-refractivity contribution in [3.63, 3.8) is 0 Å². The number of carbonyl (C=O) groups is 1. The summed E-state index contributed by atoms with van der Waals surface area (Å²) in [4.78, 5) is 11.4. The highest BCUT2D eigenvalue weighted by atomic mass is 16.1. The van der Waals surface area contributed by atoms with Gasteiger partial charge in [0.2, 0.25) is 0 Å². The lowest BCUT2D eigenvalue weighted by atomic mass is 9.90. The van der Waals surface area contributed by atoms with Gasteiger partial charge in [0.05, 0.1) is 0 Å². The van der Waals surface area contributed by atoms with E-state index in [4.69, 9.17) is 0 Å². The highest BCUT2D eigenvalue weighted by Crippen LogP contribution is 2.24. The molecule has 0 amide bonds. The van der Waals surface area contributed by atoms with Crippen LogP contribution in [0.5, 0.6) is 0 Å². The molecule has 0 aliphatic heterocycles. The lowest BCUT2D eigenvalue weighted by Crippen LogP contribution is -2.03. The first-order chi connectivity index (χ1) is 7.16. The summed E-state index contributed by atoms with van der Waals surface area (Å²) in [5.41, 5.74) is 2.10. The van der Waals surface area contributed by atoms with Crippen LogP contribution in [0.3, 0.4) is 0 Å². The molecule has 0 heterocycles. The Morgan fingerprint density at radius 3 is 2.60 bits per heavy atom. The van der Waals surface area contributed by atoms with Gasteiger partial charge >= 0.3 is 0 Å². The highest BCUT2D eigenvalue weighted by molar-refractivity contribution is 5.95. The van der Waals surface area contributed by atoms with Crippen molar-refractivity contribution in [3.8, 4) is 0 Å². The van der Waals surface area contributed by atoms with Crippen LogP contribution in [0.2, 0.25) is 0 Å². The third-order valence-electron chi connectivity index (χ3n) is 2.86. The molecule has 82 valence electrons. The SMILES string of the molecule is CCCCC(C)c1ccccc1C(C)=O. The zero-order chi connectivity index (χ0) is 11.3. The molecule has 1 nitrogen and oxygen atoms in total. The second-order valence-corrected chi connectivity index (χ2v) is 4.19. The molecule has 1 rings (SSSR count). The van der Waals surface area contributed by atoms with Crippen LogP contribution in [0.4, 0.5) is 0 Å². The fourth-order valence-corrected chi connectivity index (χ4v) is 1.91. The van der Waals surface area contributed by atoms with Crippen LogP contribution in [-0.4, -0.2) is 5.78 Å². The van der Waals surface area contributed by atoms with Crippen LogP contribution in [0.15, 0.2) is 24.3 Å². The maximum absolute atomic E-state index is 11.4. The molecule has 0 bridgehead atoms. The third-order valence-corrected chi connectivity index (χ3v) is 2.86. The maximum Gasteiger partial charge on any atom is 0.160 e. The molecule has 0 aliphatic rings. The van der Waals surface area contributed by atoms with Crippen molar-refractivity contribution in [2.75, 3.05) is 0 Å². The predicted molar refractivity (Wildman–Crippen MR) is 64.4 cm³/mol. The van der Waals surface area contributed by atoms with E-state index >= 15 is 0 Å². The quantitative estimate of drug-likeness (QED) is 0.657. The largest absolute Gasteiger partial charge is 0.295 e. The van der Waals surface area contributed by atoms with E-state index in [2.05, 4.69) is 19.9 Å². The summed E-state index contributed by atoms with van der Waals surface area (Å²) in [6.07, 6.45) is 3.61. The van der Waals surface area contributed by atoms with Gasteiger partial charge in [0.1, 0.15) is 0 Å². The number of ketones is 1. The molecule has 1 aromatic rings. The van der Waals surface area contributed by atoms with Crippen LogP contribution < -0.4 is 0 Å². The summed E-state index contributed by atoms with van der Waals surface area (Å²) in [6, 6.07) is 7.97. The number of Topliss-reactive ketones (excluding diaryl/α,β-unsaturated/α-hetero) is 1. The lowest BCUT2D eigenvalue weighted by Gasteiger charge is -2.14. The first-order valence-electron chi connectivity index (χ1n) is 5.76. The zero-order valence-electron chi connectivity index (χ0n) is 9.92. The summed E-state index contributed by atoms with van der Waals surface area (Å²) in [5, 5.41) is 0. The summed E-state index contributed by atoms with van der Waals surface area (Å²) >= 11 is 0. The van der Waals surface area contributed by atoms with E-state index in [9.17, 15) is 4.79 Å². The van der Waals surface area contributed by atoms with Gasteiger partial charge in [-0.05, 0) is 24.8 Å². The molecule has 0 saturated carbocycles. The van der Waals surface area contributed by atoms with Crippen molar-refractivity contribution < 1.29 is 4.79 Å². The average Bonchev–Trinajstić information content (AvgIpc) is 2.25. The van der Waals surface area contributed by atoms with Gasteiger partial charge in [-0.1, -0.05) is 51.0 Å². The molecule has 0 radical (unpaired) electrons. The number of benzene rings is 1. The van der Waals surface area contributed by atoms with E-state index in [1.807, 2.05) is 18.2 Å². The Morgan fingerprint density at radius 2 is 2.00 bits per heavy atom. The molecular formula is C14H20O. The van der Waals surface area contributed by atoms with Crippen molar-refractivity contribution in [2.24, 2.45) is 0 Å². The van der Waals surface area contributed by atoms with Gasteiger partial charge in [-0.3, -0.25) is 4.79 Å². The fraction of sp³-hybridized carbons (Fsp3) is 0.500. The number of rotatable bonds is 5. The minimum atomic E-state index is 0.175. The van der Waals surface area contributed by atoms with E-state index in [1.54, 1.807) is 6.92 Å². The molecule has 0 aliphatic carbocycles. The smallest absolute Gasteiger partial charge is 0.160 e. The minimum Gasteiger partial charge on any atom is -0.295 e. The van der Waals surface area contributed by atoms with Crippen LogP contribution in [0, 0.1) is 0 Å². The molecule has 0 N–H and O–H groups in total. The minimum absolute atomic E-state index is 0.175. The van der Waals surface area contributed by atoms with E-state index in [0.717, 1.165) is 5.56 Å².